The number of halogens is 3. The van der Waals surface area contributed by atoms with Crippen molar-refractivity contribution in [3.8, 4) is 0 Å². The van der Waals surface area contributed by atoms with Gasteiger partial charge in [-0.25, -0.2) is 15.0 Å². The third-order valence-electron chi connectivity index (χ3n) is 4.01. The Bertz CT molecular complexity index is 749. The number of alkyl halides is 3. The van der Waals surface area contributed by atoms with Crippen LogP contribution in [0.5, 0.6) is 0 Å². The molecule has 1 amide bonds. The van der Waals surface area contributed by atoms with Crippen LogP contribution < -0.4 is 5.73 Å². The van der Waals surface area contributed by atoms with Crippen molar-refractivity contribution in [2.75, 3.05) is 18.8 Å². The summed E-state index contributed by atoms with van der Waals surface area (Å²) in [6.45, 7) is 1.21. The minimum Gasteiger partial charge on any atom is -0.382 e. The van der Waals surface area contributed by atoms with Crippen molar-refractivity contribution in [1.29, 1.82) is 0 Å². The molecule has 1 aliphatic heterocycles. The number of nitrogen functional groups attached to an aromatic ring is 1. The molecule has 0 unspecified atom stereocenters. The summed E-state index contributed by atoms with van der Waals surface area (Å²) in [5, 5.41) is 0. The average Bonchev–Trinajstić information content (AvgIpc) is 2.74. The number of fused-ring (bicyclic) bond motifs is 1. The van der Waals surface area contributed by atoms with Crippen LogP contribution in [0.1, 0.15) is 31.5 Å². The van der Waals surface area contributed by atoms with E-state index in [2.05, 4.69) is 15.0 Å². The number of aromatic nitrogens is 4. The monoisotopic (exact) mass is 342 g/mol. The van der Waals surface area contributed by atoms with Crippen LogP contribution in [0, 0.1) is 0 Å². The van der Waals surface area contributed by atoms with Crippen molar-refractivity contribution < 1.29 is 18.0 Å². The number of likely N-dealkylation sites (tertiary alicyclic amines) is 1. The van der Waals surface area contributed by atoms with Gasteiger partial charge in [-0.3, -0.25) is 4.79 Å². The molecule has 24 heavy (non-hydrogen) atoms. The largest absolute Gasteiger partial charge is 0.451 e. The Morgan fingerprint density at radius 3 is 2.46 bits per heavy atom. The number of nitrogens with two attached hydrogens (primary N) is 1. The van der Waals surface area contributed by atoms with Gasteiger partial charge in [-0.1, -0.05) is 12.8 Å². The van der Waals surface area contributed by atoms with Gasteiger partial charge in [-0.15, -0.1) is 0 Å². The smallest absolute Gasteiger partial charge is 0.382 e. The number of rotatable bonds is 2. The van der Waals surface area contributed by atoms with Gasteiger partial charge in [-0.2, -0.15) is 13.2 Å². The van der Waals surface area contributed by atoms with E-state index < -0.39 is 12.0 Å². The molecule has 0 aromatic carbocycles. The highest BCUT2D eigenvalue weighted by atomic mass is 19.4. The molecule has 1 fully saturated rings. The lowest BCUT2D eigenvalue weighted by Gasteiger charge is -2.20. The van der Waals surface area contributed by atoms with Crippen LogP contribution in [0.25, 0.3) is 11.2 Å². The third-order valence-corrected chi connectivity index (χ3v) is 4.01. The van der Waals surface area contributed by atoms with Gasteiger partial charge in [0.1, 0.15) is 12.1 Å². The zero-order valence-electron chi connectivity index (χ0n) is 12.9. The maximum atomic E-state index is 12.8. The molecule has 130 valence electrons. The van der Waals surface area contributed by atoms with E-state index in [-0.39, 0.29) is 29.4 Å². The van der Waals surface area contributed by atoms with E-state index in [9.17, 15) is 18.0 Å². The van der Waals surface area contributed by atoms with Crippen molar-refractivity contribution in [1.82, 2.24) is 24.4 Å². The molecule has 0 atom stereocenters. The number of amides is 1. The number of hydrogen-bond acceptors (Lipinski definition) is 5. The summed E-state index contributed by atoms with van der Waals surface area (Å²) in [4.78, 5) is 24.8. The lowest BCUT2D eigenvalue weighted by atomic mass is 10.2. The zero-order chi connectivity index (χ0) is 17.3. The lowest BCUT2D eigenvalue weighted by Crippen LogP contribution is -2.34. The van der Waals surface area contributed by atoms with Crippen molar-refractivity contribution in [2.24, 2.45) is 0 Å². The van der Waals surface area contributed by atoms with Crippen LogP contribution in [0.2, 0.25) is 0 Å². The van der Waals surface area contributed by atoms with Gasteiger partial charge in [0.25, 0.3) is 0 Å². The highest BCUT2D eigenvalue weighted by Crippen LogP contribution is 2.29. The number of anilines is 1. The van der Waals surface area contributed by atoms with E-state index in [1.165, 1.54) is 10.9 Å². The second kappa shape index (κ2) is 6.25. The minimum absolute atomic E-state index is 0.0617. The molecule has 10 heteroatoms. The number of carbonyl (C=O) groups is 1. The first-order chi connectivity index (χ1) is 11.4. The Hall–Kier alpha value is -2.39. The van der Waals surface area contributed by atoms with Gasteiger partial charge in [0.2, 0.25) is 11.7 Å². The summed E-state index contributed by atoms with van der Waals surface area (Å²) in [5.74, 6) is -1.85. The molecule has 2 aromatic rings. The predicted octanol–water partition coefficient (Wildman–Crippen LogP) is 1.83. The molecule has 0 spiro atoms. The van der Waals surface area contributed by atoms with Crippen LogP contribution >= 0.6 is 0 Å². The summed E-state index contributed by atoms with van der Waals surface area (Å²) in [6, 6.07) is 0. The first-order valence-corrected chi connectivity index (χ1v) is 7.69. The fourth-order valence-corrected chi connectivity index (χ4v) is 2.77. The SMILES string of the molecule is Nc1nc(C(F)(F)F)nc2c1ncn2CC(=O)N1CCCCCC1. The second-order valence-corrected chi connectivity index (χ2v) is 5.77. The Labute approximate surface area is 135 Å². The van der Waals surface area contributed by atoms with Crippen LogP contribution in [-0.4, -0.2) is 43.4 Å². The number of hydrogen-bond donors (Lipinski definition) is 1. The standard InChI is InChI=1S/C14H17F3N6O/c15-14(16,17)13-20-11(18)10-12(21-13)23(8-19-10)7-9(24)22-5-3-1-2-4-6-22/h8H,1-7H2,(H2,18,20,21). The topological polar surface area (TPSA) is 89.9 Å². The van der Waals surface area contributed by atoms with Gasteiger partial charge in [0.05, 0.1) is 6.33 Å². The van der Waals surface area contributed by atoms with E-state index in [0.717, 1.165) is 25.7 Å². The molecule has 0 saturated carbocycles. The van der Waals surface area contributed by atoms with E-state index in [1.54, 1.807) is 4.90 Å². The Kier molecular flexibility index (Phi) is 4.29. The molecule has 1 aliphatic rings. The summed E-state index contributed by atoms with van der Waals surface area (Å²) in [7, 11) is 0. The molecule has 2 N–H and O–H groups in total. The molecule has 7 nitrogen and oxygen atoms in total. The maximum Gasteiger partial charge on any atom is 0.451 e. The average molecular weight is 342 g/mol. The molecule has 3 rings (SSSR count). The van der Waals surface area contributed by atoms with Crippen LogP contribution in [0.15, 0.2) is 6.33 Å². The summed E-state index contributed by atoms with van der Waals surface area (Å²) >= 11 is 0. The first kappa shape index (κ1) is 16.5. The van der Waals surface area contributed by atoms with Gasteiger partial charge in [-0.05, 0) is 12.8 Å². The molecule has 0 radical (unpaired) electrons. The molecule has 0 bridgehead atoms. The maximum absolute atomic E-state index is 12.8. The van der Waals surface area contributed by atoms with Gasteiger partial charge < -0.3 is 15.2 Å². The highest BCUT2D eigenvalue weighted by Gasteiger charge is 2.36. The van der Waals surface area contributed by atoms with Gasteiger partial charge in [0, 0.05) is 13.1 Å². The van der Waals surface area contributed by atoms with Crippen molar-refractivity contribution >= 4 is 22.9 Å². The fraction of sp³-hybridized carbons (Fsp3) is 0.571. The lowest BCUT2D eigenvalue weighted by molar-refractivity contribution is -0.144. The van der Waals surface area contributed by atoms with Gasteiger partial charge in [0.15, 0.2) is 11.5 Å². The van der Waals surface area contributed by atoms with Crippen molar-refractivity contribution in [3.63, 3.8) is 0 Å². The molecule has 2 aromatic heterocycles. The zero-order valence-corrected chi connectivity index (χ0v) is 12.9. The molecule has 1 saturated heterocycles. The normalized spacial score (nSPS) is 16.4. The molecule has 0 aliphatic carbocycles. The Morgan fingerprint density at radius 2 is 1.83 bits per heavy atom. The van der Waals surface area contributed by atoms with E-state index in [4.69, 9.17) is 5.73 Å². The third kappa shape index (κ3) is 3.26. The Morgan fingerprint density at radius 1 is 1.17 bits per heavy atom. The van der Waals surface area contributed by atoms with E-state index in [1.807, 2.05) is 0 Å². The van der Waals surface area contributed by atoms with Crippen molar-refractivity contribution in [3.05, 3.63) is 12.2 Å². The van der Waals surface area contributed by atoms with Crippen LogP contribution in [0.3, 0.4) is 0 Å². The quantitative estimate of drug-likeness (QED) is 0.899. The second-order valence-electron chi connectivity index (χ2n) is 5.77. The molecular formula is C14H17F3N6O. The van der Waals surface area contributed by atoms with Crippen molar-refractivity contribution in [2.45, 2.75) is 38.4 Å². The van der Waals surface area contributed by atoms with E-state index >= 15 is 0 Å². The number of imidazole rings is 1. The van der Waals surface area contributed by atoms with Crippen LogP contribution in [0.4, 0.5) is 19.0 Å². The number of nitrogens with zero attached hydrogens (tertiary/aromatic N) is 5. The summed E-state index contributed by atoms with van der Waals surface area (Å²) < 4.78 is 39.8. The molecular weight excluding hydrogens is 325 g/mol. The van der Waals surface area contributed by atoms with E-state index in [0.29, 0.717) is 13.1 Å². The fourth-order valence-electron chi connectivity index (χ4n) is 2.77. The summed E-state index contributed by atoms with van der Waals surface area (Å²) in [5.41, 5.74) is 5.52. The predicted molar refractivity (Wildman–Crippen MR) is 79.8 cm³/mol. The van der Waals surface area contributed by atoms with Crippen LogP contribution in [-0.2, 0) is 17.5 Å². The molecule has 3 heterocycles. The summed E-state index contributed by atoms with van der Waals surface area (Å²) in [6.07, 6.45) is 0.582. The first-order valence-electron chi connectivity index (χ1n) is 7.69. The number of carbonyl (C=O) groups excluding carboxylic acids is 1. The van der Waals surface area contributed by atoms with Gasteiger partial charge >= 0.3 is 6.18 Å². The minimum atomic E-state index is -4.72. The Balaban J connectivity index is 1.89. The highest BCUT2D eigenvalue weighted by molar-refractivity contribution is 5.84.